The van der Waals surface area contributed by atoms with E-state index in [0.717, 1.165) is 18.4 Å². The first-order valence-corrected chi connectivity index (χ1v) is 17.2. The molecule has 1 aromatic rings. The predicted octanol–water partition coefficient (Wildman–Crippen LogP) is 5.08. The number of rotatable bonds is 6. The minimum atomic E-state index is -3.10. The highest BCUT2D eigenvalue weighted by Gasteiger charge is 2.41. The highest BCUT2D eigenvalue weighted by molar-refractivity contribution is 7.90. The summed E-state index contributed by atoms with van der Waals surface area (Å²) in [6, 6.07) is 5.83. The Morgan fingerprint density at radius 2 is 1.66 bits per heavy atom. The van der Waals surface area contributed by atoms with E-state index in [4.69, 9.17) is 9.47 Å². The Balaban J connectivity index is 1.71. The second kappa shape index (κ2) is 13.7. The lowest BCUT2D eigenvalue weighted by atomic mass is 9.80. The van der Waals surface area contributed by atoms with Crippen molar-refractivity contribution in [2.45, 2.75) is 96.2 Å². The smallest absolute Gasteiger partial charge is 0.414 e. The van der Waals surface area contributed by atoms with Gasteiger partial charge in [0.1, 0.15) is 9.84 Å². The van der Waals surface area contributed by atoms with Crippen LogP contribution >= 0.6 is 0 Å². The Kier molecular flexibility index (Phi) is 10.6. The molecule has 3 atom stereocenters. The van der Waals surface area contributed by atoms with Crippen molar-refractivity contribution in [2.24, 2.45) is 5.92 Å². The van der Waals surface area contributed by atoms with Gasteiger partial charge in [-0.3, -0.25) is 15.2 Å². The summed E-state index contributed by atoms with van der Waals surface area (Å²) in [7, 11) is -1.74. The number of fused-ring (bicyclic) bond motifs is 1. The fraction of sp³-hybridized carbons (Fsp3) is 0.733. The lowest BCUT2D eigenvalue weighted by molar-refractivity contribution is 0.121. The summed E-state index contributed by atoms with van der Waals surface area (Å²) < 4.78 is 34.6. The quantitative estimate of drug-likeness (QED) is 0.487. The predicted molar refractivity (Wildman–Crippen MR) is 161 cm³/mol. The maximum absolute atomic E-state index is 13.2. The van der Waals surface area contributed by atoms with Crippen LogP contribution in [0.15, 0.2) is 18.2 Å². The van der Waals surface area contributed by atoms with Gasteiger partial charge in [0.05, 0.1) is 42.9 Å². The first-order valence-electron chi connectivity index (χ1n) is 15.2. The molecular weight excluding hydrogens is 544 g/mol. The van der Waals surface area contributed by atoms with Crippen LogP contribution in [-0.2, 0) is 19.3 Å². The molecule has 2 aliphatic heterocycles. The number of hydrazine groups is 1. The maximum Gasteiger partial charge on any atom is 0.414 e. The van der Waals surface area contributed by atoms with Crippen LogP contribution in [0.5, 0.6) is 0 Å². The highest BCUT2D eigenvalue weighted by Crippen LogP contribution is 2.42. The number of hydrogen-bond acceptors (Lipinski definition) is 8. The number of benzene rings is 1. The molecule has 1 saturated heterocycles. The molecule has 10 nitrogen and oxygen atoms in total. The van der Waals surface area contributed by atoms with Crippen molar-refractivity contribution in [3.63, 3.8) is 0 Å². The Morgan fingerprint density at radius 3 is 2.27 bits per heavy atom. The molecule has 0 aromatic heterocycles. The number of ether oxygens (including phenoxy) is 2. The summed E-state index contributed by atoms with van der Waals surface area (Å²) in [6.45, 7) is 6.90. The van der Waals surface area contributed by atoms with Gasteiger partial charge in [-0.2, -0.15) is 0 Å². The third-order valence-corrected chi connectivity index (χ3v) is 9.54. The largest absolute Gasteiger partial charge is 0.452 e. The summed E-state index contributed by atoms with van der Waals surface area (Å²) in [4.78, 5) is 29.2. The van der Waals surface area contributed by atoms with Crippen LogP contribution in [0.25, 0.3) is 0 Å². The number of sulfone groups is 1. The molecule has 2 unspecified atom stereocenters. The number of nitrogens with one attached hydrogen (secondary N) is 1. The highest BCUT2D eigenvalue weighted by atomic mass is 32.2. The minimum Gasteiger partial charge on any atom is -0.452 e. The van der Waals surface area contributed by atoms with Crippen LogP contribution in [0, 0.1) is 5.92 Å². The van der Waals surface area contributed by atoms with Crippen molar-refractivity contribution in [1.82, 2.24) is 10.4 Å². The van der Waals surface area contributed by atoms with E-state index in [1.54, 1.807) is 9.80 Å². The molecule has 2 heterocycles. The van der Waals surface area contributed by atoms with Gasteiger partial charge in [-0.05, 0) is 57.2 Å². The number of carbonyl (C=O) groups is 2. The van der Waals surface area contributed by atoms with Gasteiger partial charge < -0.3 is 9.47 Å². The van der Waals surface area contributed by atoms with Crippen LogP contribution < -0.4 is 15.2 Å². The second-order valence-corrected chi connectivity index (χ2v) is 14.5. The summed E-state index contributed by atoms with van der Waals surface area (Å²) in [5, 5.41) is 2.07. The number of methoxy groups -OCH3 is 1. The summed E-state index contributed by atoms with van der Waals surface area (Å²) >= 11 is 0. The van der Waals surface area contributed by atoms with E-state index >= 15 is 0 Å². The minimum absolute atomic E-state index is 0.0924. The standard InChI is InChI=1S/C30H48N4O6S/c1-21(2)40-29(35)33-19-22(3)34(30(36)39-4)26-15-14-24(18-27(26)33)25-20-32(16-17-41(5,37)38)31-28(25)23-12-10-8-6-7-9-11-13-23/h14-15,18,21-23,25,28,31H,6-13,16-17,19-20H2,1-5H3/t22-,25?,28?/m0/s1. The first-order chi connectivity index (χ1) is 19.5. The average molecular weight is 593 g/mol. The lowest BCUT2D eigenvalue weighted by Gasteiger charge is -2.40. The Labute approximate surface area is 245 Å². The third-order valence-electron chi connectivity index (χ3n) is 8.62. The topological polar surface area (TPSA) is 108 Å². The third kappa shape index (κ3) is 7.93. The summed E-state index contributed by atoms with van der Waals surface area (Å²) in [5.41, 5.74) is 6.01. The molecule has 41 heavy (non-hydrogen) atoms. The molecule has 1 aliphatic carbocycles. The first kappa shape index (κ1) is 31.6. The van der Waals surface area contributed by atoms with Gasteiger partial charge in [0.2, 0.25) is 0 Å². The van der Waals surface area contributed by atoms with Crippen molar-refractivity contribution in [3.8, 4) is 0 Å². The molecule has 1 N–H and O–H groups in total. The van der Waals surface area contributed by atoms with E-state index in [-0.39, 0.29) is 36.4 Å². The normalized spacial score (nSPS) is 24.9. The number of amides is 2. The molecule has 11 heteroatoms. The molecule has 2 fully saturated rings. The number of anilines is 2. The average Bonchev–Trinajstić information content (AvgIpc) is 3.39. The van der Waals surface area contributed by atoms with Gasteiger partial charge in [0.25, 0.3) is 0 Å². The van der Waals surface area contributed by atoms with Gasteiger partial charge in [-0.25, -0.2) is 23.0 Å². The zero-order valence-electron chi connectivity index (χ0n) is 25.3. The molecule has 2 amide bonds. The SMILES string of the molecule is COC(=O)N1c2ccc(C3CN(CCS(C)(=O)=O)NC3C3CCCCCCCC3)cc2N(C(=O)OC(C)C)C[C@@H]1C. The number of hydrogen-bond donors (Lipinski definition) is 1. The van der Waals surface area contributed by atoms with E-state index in [1.807, 2.05) is 39.0 Å². The second-order valence-electron chi connectivity index (χ2n) is 12.3. The number of carbonyl (C=O) groups excluding carboxylic acids is 2. The van der Waals surface area contributed by atoms with Crippen molar-refractivity contribution >= 4 is 33.4 Å². The number of nitrogens with zero attached hydrogens (tertiary/aromatic N) is 3. The fourth-order valence-corrected chi connectivity index (χ4v) is 7.15. The van der Waals surface area contributed by atoms with E-state index in [2.05, 4.69) is 10.4 Å². The zero-order chi connectivity index (χ0) is 29.7. The van der Waals surface area contributed by atoms with Crippen LogP contribution in [0.4, 0.5) is 21.0 Å². The monoisotopic (exact) mass is 592 g/mol. The molecule has 3 aliphatic rings. The van der Waals surface area contributed by atoms with Crippen LogP contribution in [0.2, 0.25) is 0 Å². The van der Waals surface area contributed by atoms with E-state index in [0.29, 0.717) is 30.4 Å². The van der Waals surface area contributed by atoms with E-state index in [9.17, 15) is 18.0 Å². The Morgan fingerprint density at radius 1 is 1.00 bits per heavy atom. The van der Waals surface area contributed by atoms with Crippen molar-refractivity contribution < 1.29 is 27.5 Å². The molecule has 230 valence electrons. The van der Waals surface area contributed by atoms with Gasteiger partial charge in [0.15, 0.2) is 0 Å². The fourth-order valence-electron chi connectivity index (χ4n) is 6.59. The molecule has 0 spiro atoms. The van der Waals surface area contributed by atoms with Crippen molar-refractivity contribution in [2.75, 3.05) is 48.6 Å². The Bertz CT molecular complexity index is 1170. The van der Waals surface area contributed by atoms with Crippen LogP contribution in [0.3, 0.4) is 0 Å². The zero-order valence-corrected chi connectivity index (χ0v) is 26.1. The van der Waals surface area contributed by atoms with Crippen LogP contribution in [-0.4, -0.2) is 82.6 Å². The summed E-state index contributed by atoms with van der Waals surface area (Å²) in [5.74, 6) is 0.653. The lowest BCUT2D eigenvalue weighted by Crippen LogP contribution is -2.52. The molecular formula is C30H48N4O6S. The Hall–Kier alpha value is -2.37. The molecule has 0 bridgehead atoms. The maximum atomic E-state index is 13.2. The van der Waals surface area contributed by atoms with E-state index < -0.39 is 22.0 Å². The van der Waals surface area contributed by atoms with Gasteiger partial charge in [-0.1, -0.05) is 44.6 Å². The molecule has 1 saturated carbocycles. The summed E-state index contributed by atoms with van der Waals surface area (Å²) in [6.07, 6.45) is 9.83. The van der Waals surface area contributed by atoms with Crippen molar-refractivity contribution in [3.05, 3.63) is 23.8 Å². The van der Waals surface area contributed by atoms with Crippen LogP contribution in [0.1, 0.15) is 83.6 Å². The van der Waals surface area contributed by atoms with Gasteiger partial charge in [0, 0.05) is 31.3 Å². The van der Waals surface area contributed by atoms with E-state index in [1.165, 1.54) is 51.9 Å². The molecule has 0 radical (unpaired) electrons. The van der Waals surface area contributed by atoms with Crippen molar-refractivity contribution in [1.29, 1.82) is 0 Å². The molecule has 4 rings (SSSR count). The van der Waals surface area contributed by atoms with Gasteiger partial charge in [-0.15, -0.1) is 0 Å². The van der Waals surface area contributed by atoms with Gasteiger partial charge >= 0.3 is 12.2 Å². The molecule has 1 aromatic carbocycles.